The van der Waals surface area contributed by atoms with Gasteiger partial charge in [-0.3, -0.25) is 0 Å². The van der Waals surface area contributed by atoms with E-state index in [4.69, 9.17) is 0 Å². The van der Waals surface area contributed by atoms with Gasteiger partial charge in [0.25, 0.3) is 0 Å². The van der Waals surface area contributed by atoms with E-state index in [0.717, 1.165) is 19.6 Å². The lowest BCUT2D eigenvalue weighted by Crippen LogP contribution is -2.38. The fraction of sp³-hybridized carbons (Fsp3) is 0.571. The second-order valence-electron chi connectivity index (χ2n) is 4.77. The van der Waals surface area contributed by atoms with Crippen LogP contribution < -0.4 is 10.6 Å². The topological polar surface area (TPSA) is 44.3 Å². The third kappa shape index (κ3) is 3.80. The normalized spacial score (nSPS) is 22.3. The minimum absolute atomic E-state index is 0.0677. The van der Waals surface area contributed by atoms with Gasteiger partial charge >= 0.3 is 0 Å². The predicted molar refractivity (Wildman–Crippen MR) is 69.9 cm³/mol. The molecule has 1 aromatic rings. The van der Waals surface area contributed by atoms with E-state index in [2.05, 4.69) is 22.8 Å². The molecule has 0 amide bonds. The van der Waals surface area contributed by atoms with Gasteiger partial charge in [0, 0.05) is 0 Å². The zero-order valence-electron chi connectivity index (χ0n) is 10.2. The number of nitrogens with one attached hydrogen (secondary N) is 2. The molecule has 1 aliphatic rings. The number of aliphatic hydroxyl groups excluding tert-OH is 1. The monoisotopic (exact) mass is 234 g/mol. The summed E-state index contributed by atoms with van der Waals surface area (Å²) in [5.41, 5.74) is 1.17. The van der Waals surface area contributed by atoms with E-state index >= 15 is 0 Å². The van der Waals surface area contributed by atoms with Crippen molar-refractivity contribution in [2.75, 3.05) is 26.2 Å². The van der Waals surface area contributed by atoms with Crippen molar-refractivity contribution in [2.45, 2.75) is 18.9 Å². The second-order valence-corrected chi connectivity index (χ2v) is 4.77. The molecule has 1 fully saturated rings. The molecule has 0 aliphatic carbocycles. The van der Waals surface area contributed by atoms with Crippen molar-refractivity contribution in [3.63, 3.8) is 0 Å². The minimum Gasteiger partial charge on any atom is -0.394 e. The van der Waals surface area contributed by atoms with Crippen LogP contribution >= 0.6 is 0 Å². The van der Waals surface area contributed by atoms with E-state index < -0.39 is 0 Å². The highest BCUT2D eigenvalue weighted by molar-refractivity contribution is 5.18. The van der Waals surface area contributed by atoms with E-state index in [-0.39, 0.29) is 12.6 Å². The molecule has 0 radical (unpaired) electrons. The first-order valence-electron chi connectivity index (χ1n) is 6.50. The highest BCUT2D eigenvalue weighted by Gasteiger charge is 2.15. The molecule has 1 aromatic carbocycles. The van der Waals surface area contributed by atoms with Crippen molar-refractivity contribution in [3.05, 3.63) is 35.9 Å². The molecule has 0 saturated carbocycles. The first-order valence-corrected chi connectivity index (χ1v) is 6.50. The van der Waals surface area contributed by atoms with Crippen LogP contribution in [-0.4, -0.2) is 31.3 Å². The number of piperidine rings is 1. The molecule has 1 heterocycles. The van der Waals surface area contributed by atoms with Crippen LogP contribution in [0.3, 0.4) is 0 Å². The van der Waals surface area contributed by atoms with Gasteiger partial charge in [0.2, 0.25) is 0 Å². The molecular weight excluding hydrogens is 212 g/mol. The average molecular weight is 234 g/mol. The number of hydrogen-bond acceptors (Lipinski definition) is 3. The van der Waals surface area contributed by atoms with Gasteiger partial charge in [0.05, 0.1) is 12.6 Å². The van der Waals surface area contributed by atoms with E-state index in [9.17, 15) is 5.11 Å². The van der Waals surface area contributed by atoms with Crippen LogP contribution in [0, 0.1) is 5.92 Å². The number of aliphatic hydroxyl groups is 1. The largest absolute Gasteiger partial charge is 0.394 e. The Bertz CT molecular complexity index is 309. The molecule has 0 spiro atoms. The summed E-state index contributed by atoms with van der Waals surface area (Å²) >= 11 is 0. The van der Waals surface area contributed by atoms with Crippen molar-refractivity contribution in [3.8, 4) is 0 Å². The van der Waals surface area contributed by atoms with Crippen LogP contribution in [0.25, 0.3) is 0 Å². The standard InChI is InChI=1S/C14H22N2O/c17-11-14(13-6-2-1-3-7-13)16-10-12-5-4-8-15-9-12/h1-3,6-7,12,14-17H,4-5,8-11H2. The van der Waals surface area contributed by atoms with E-state index in [1.165, 1.54) is 18.4 Å². The van der Waals surface area contributed by atoms with E-state index in [0.29, 0.717) is 5.92 Å². The Labute approximate surface area is 103 Å². The molecule has 94 valence electrons. The molecule has 0 bridgehead atoms. The zero-order chi connectivity index (χ0) is 11.9. The van der Waals surface area contributed by atoms with Crippen molar-refractivity contribution < 1.29 is 5.11 Å². The van der Waals surface area contributed by atoms with Crippen LogP contribution in [0.2, 0.25) is 0 Å². The molecule has 2 rings (SSSR count). The summed E-state index contributed by atoms with van der Waals surface area (Å²) in [6, 6.07) is 10.2. The van der Waals surface area contributed by atoms with Crippen LogP contribution in [0.1, 0.15) is 24.4 Å². The fourth-order valence-corrected chi connectivity index (χ4v) is 2.38. The summed E-state index contributed by atoms with van der Waals surface area (Å²) in [5.74, 6) is 0.696. The van der Waals surface area contributed by atoms with Crippen molar-refractivity contribution in [2.24, 2.45) is 5.92 Å². The Hall–Kier alpha value is -0.900. The first kappa shape index (κ1) is 12.6. The third-order valence-corrected chi connectivity index (χ3v) is 3.44. The summed E-state index contributed by atoms with van der Waals surface area (Å²) in [4.78, 5) is 0. The maximum atomic E-state index is 9.43. The lowest BCUT2D eigenvalue weighted by molar-refractivity contribution is 0.233. The number of rotatable bonds is 5. The Balaban J connectivity index is 1.83. The van der Waals surface area contributed by atoms with E-state index in [1.807, 2.05) is 18.2 Å². The average Bonchev–Trinajstić information content (AvgIpc) is 2.42. The van der Waals surface area contributed by atoms with E-state index in [1.54, 1.807) is 0 Å². The van der Waals surface area contributed by atoms with Crippen LogP contribution in [0.5, 0.6) is 0 Å². The van der Waals surface area contributed by atoms with Crippen LogP contribution in [-0.2, 0) is 0 Å². The van der Waals surface area contributed by atoms with Gasteiger partial charge in [-0.2, -0.15) is 0 Å². The molecule has 3 nitrogen and oxygen atoms in total. The summed E-state index contributed by atoms with van der Waals surface area (Å²) in [6.45, 7) is 3.38. The Kier molecular flexibility index (Phi) is 4.98. The van der Waals surface area contributed by atoms with Gasteiger partial charge in [-0.15, -0.1) is 0 Å². The van der Waals surface area contributed by atoms with Gasteiger partial charge in [0.15, 0.2) is 0 Å². The smallest absolute Gasteiger partial charge is 0.0626 e. The van der Waals surface area contributed by atoms with Gasteiger partial charge in [-0.1, -0.05) is 30.3 Å². The summed E-state index contributed by atoms with van der Waals surface area (Å²) < 4.78 is 0. The van der Waals surface area contributed by atoms with Gasteiger partial charge in [0.1, 0.15) is 0 Å². The van der Waals surface area contributed by atoms with Crippen molar-refractivity contribution in [1.29, 1.82) is 0 Å². The van der Waals surface area contributed by atoms with Crippen molar-refractivity contribution >= 4 is 0 Å². The fourth-order valence-electron chi connectivity index (χ4n) is 2.38. The van der Waals surface area contributed by atoms with Crippen LogP contribution in [0.15, 0.2) is 30.3 Å². The molecule has 0 aromatic heterocycles. The predicted octanol–water partition coefficient (Wildman–Crippen LogP) is 1.31. The van der Waals surface area contributed by atoms with Gasteiger partial charge < -0.3 is 15.7 Å². The molecule has 2 unspecified atom stereocenters. The lowest BCUT2D eigenvalue weighted by Gasteiger charge is -2.25. The molecule has 17 heavy (non-hydrogen) atoms. The highest BCUT2D eigenvalue weighted by atomic mass is 16.3. The SMILES string of the molecule is OCC(NCC1CCCNC1)c1ccccc1. The molecule has 3 heteroatoms. The highest BCUT2D eigenvalue weighted by Crippen LogP contribution is 2.14. The Morgan fingerprint density at radius 3 is 2.82 bits per heavy atom. The maximum Gasteiger partial charge on any atom is 0.0626 e. The number of hydrogen-bond donors (Lipinski definition) is 3. The molecule has 1 aliphatic heterocycles. The second kappa shape index (κ2) is 6.74. The number of benzene rings is 1. The van der Waals surface area contributed by atoms with Gasteiger partial charge in [-0.05, 0) is 44.0 Å². The zero-order valence-corrected chi connectivity index (χ0v) is 10.2. The van der Waals surface area contributed by atoms with Crippen molar-refractivity contribution in [1.82, 2.24) is 10.6 Å². The minimum atomic E-state index is 0.0677. The summed E-state index contributed by atoms with van der Waals surface area (Å²) in [5, 5.41) is 16.3. The summed E-state index contributed by atoms with van der Waals surface area (Å²) in [6.07, 6.45) is 2.55. The maximum absolute atomic E-state index is 9.43. The summed E-state index contributed by atoms with van der Waals surface area (Å²) in [7, 11) is 0. The van der Waals surface area contributed by atoms with Crippen LogP contribution in [0.4, 0.5) is 0 Å². The third-order valence-electron chi connectivity index (χ3n) is 3.44. The molecular formula is C14H22N2O. The van der Waals surface area contributed by atoms with Gasteiger partial charge in [-0.25, -0.2) is 0 Å². The molecule has 1 saturated heterocycles. The molecule has 3 N–H and O–H groups in total. The lowest BCUT2D eigenvalue weighted by atomic mass is 9.98. The molecule has 2 atom stereocenters. The Morgan fingerprint density at radius 1 is 1.35 bits per heavy atom. The Morgan fingerprint density at radius 2 is 2.18 bits per heavy atom. The quantitative estimate of drug-likeness (QED) is 0.720. The first-order chi connectivity index (χ1) is 8.40.